The van der Waals surface area contributed by atoms with Crippen molar-refractivity contribution in [3.05, 3.63) is 64.1 Å². The largest absolute Gasteiger partial charge is 0.497 e. The zero-order chi connectivity index (χ0) is 13.7. The first kappa shape index (κ1) is 14.1. The SMILES string of the molecule is COc1ccc([C@@H](C)NCc2cccc(Br)c2)cc1. The summed E-state index contributed by atoms with van der Waals surface area (Å²) in [5, 5.41) is 3.52. The molecule has 0 bridgehead atoms. The minimum absolute atomic E-state index is 0.310. The van der Waals surface area contributed by atoms with Crippen molar-refractivity contribution in [1.82, 2.24) is 5.32 Å². The van der Waals surface area contributed by atoms with Crippen LogP contribution in [0.5, 0.6) is 5.75 Å². The molecule has 0 aliphatic carbocycles. The van der Waals surface area contributed by atoms with Gasteiger partial charge in [0, 0.05) is 17.1 Å². The van der Waals surface area contributed by atoms with E-state index in [0.717, 1.165) is 16.8 Å². The highest BCUT2D eigenvalue weighted by Gasteiger charge is 2.05. The van der Waals surface area contributed by atoms with E-state index >= 15 is 0 Å². The van der Waals surface area contributed by atoms with E-state index in [0.29, 0.717) is 6.04 Å². The molecule has 3 heteroatoms. The second-order valence-corrected chi connectivity index (χ2v) is 5.42. The van der Waals surface area contributed by atoms with Gasteiger partial charge in [-0.05, 0) is 42.3 Å². The van der Waals surface area contributed by atoms with Crippen LogP contribution in [-0.2, 0) is 6.54 Å². The van der Waals surface area contributed by atoms with Gasteiger partial charge in [0.1, 0.15) is 5.75 Å². The molecule has 0 aliphatic rings. The van der Waals surface area contributed by atoms with Gasteiger partial charge in [-0.15, -0.1) is 0 Å². The molecule has 19 heavy (non-hydrogen) atoms. The number of benzene rings is 2. The Kier molecular flexibility index (Phi) is 5.00. The van der Waals surface area contributed by atoms with E-state index in [4.69, 9.17) is 4.74 Å². The van der Waals surface area contributed by atoms with E-state index in [1.807, 2.05) is 18.2 Å². The van der Waals surface area contributed by atoms with Crippen LogP contribution in [0.1, 0.15) is 24.1 Å². The number of halogens is 1. The molecule has 0 spiro atoms. The molecule has 2 rings (SSSR count). The number of hydrogen-bond donors (Lipinski definition) is 1. The highest BCUT2D eigenvalue weighted by molar-refractivity contribution is 9.10. The van der Waals surface area contributed by atoms with Crippen LogP contribution < -0.4 is 10.1 Å². The van der Waals surface area contributed by atoms with Gasteiger partial charge < -0.3 is 10.1 Å². The van der Waals surface area contributed by atoms with Gasteiger partial charge in [-0.3, -0.25) is 0 Å². The minimum Gasteiger partial charge on any atom is -0.497 e. The molecule has 0 heterocycles. The molecule has 0 saturated carbocycles. The summed E-state index contributed by atoms with van der Waals surface area (Å²) in [6, 6.07) is 16.8. The molecule has 1 N–H and O–H groups in total. The van der Waals surface area contributed by atoms with Crippen LogP contribution in [0.4, 0.5) is 0 Å². The van der Waals surface area contributed by atoms with E-state index in [2.05, 4.69) is 58.5 Å². The Morgan fingerprint density at radius 3 is 2.53 bits per heavy atom. The lowest BCUT2D eigenvalue weighted by molar-refractivity contribution is 0.414. The Morgan fingerprint density at radius 2 is 1.89 bits per heavy atom. The summed E-state index contributed by atoms with van der Waals surface area (Å²) in [5.41, 5.74) is 2.53. The van der Waals surface area contributed by atoms with Gasteiger partial charge >= 0.3 is 0 Å². The number of hydrogen-bond acceptors (Lipinski definition) is 2. The fourth-order valence-electron chi connectivity index (χ4n) is 1.93. The summed E-state index contributed by atoms with van der Waals surface area (Å²) in [4.78, 5) is 0. The summed E-state index contributed by atoms with van der Waals surface area (Å²) in [5.74, 6) is 0.892. The molecule has 0 amide bonds. The van der Waals surface area contributed by atoms with Gasteiger partial charge in [0.2, 0.25) is 0 Å². The predicted octanol–water partition coefficient (Wildman–Crippen LogP) is 4.31. The van der Waals surface area contributed by atoms with Crippen LogP contribution in [0.25, 0.3) is 0 Å². The van der Waals surface area contributed by atoms with E-state index < -0.39 is 0 Å². The van der Waals surface area contributed by atoms with Crippen LogP contribution in [-0.4, -0.2) is 7.11 Å². The van der Waals surface area contributed by atoms with Crippen molar-refractivity contribution in [1.29, 1.82) is 0 Å². The highest BCUT2D eigenvalue weighted by atomic mass is 79.9. The van der Waals surface area contributed by atoms with Crippen molar-refractivity contribution < 1.29 is 4.74 Å². The van der Waals surface area contributed by atoms with Gasteiger partial charge in [-0.1, -0.05) is 40.2 Å². The van der Waals surface area contributed by atoms with Gasteiger partial charge in [0.25, 0.3) is 0 Å². The standard InChI is InChI=1S/C16H18BrNO/c1-12(14-6-8-16(19-2)9-7-14)18-11-13-4-3-5-15(17)10-13/h3-10,12,18H,11H2,1-2H3/t12-/m1/s1. The van der Waals surface area contributed by atoms with Gasteiger partial charge in [0.15, 0.2) is 0 Å². The van der Waals surface area contributed by atoms with Crippen molar-refractivity contribution in [2.24, 2.45) is 0 Å². The summed E-state index contributed by atoms with van der Waals surface area (Å²) in [6.07, 6.45) is 0. The van der Waals surface area contributed by atoms with Crippen LogP contribution in [0, 0.1) is 0 Å². The minimum atomic E-state index is 0.310. The van der Waals surface area contributed by atoms with Crippen LogP contribution in [0.3, 0.4) is 0 Å². The normalized spacial score (nSPS) is 12.2. The molecule has 2 nitrogen and oxygen atoms in total. The number of nitrogens with one attached hydrogen (secondary N) is 1. The van der Waals surface area contributed by atoms with Crippen LogP contribution >= 0.6 is 15.9 Å². The van der Waals surface area contributed by atoms with Gasteiger partial charge in [-0.25, -0.2) is 0 Å². The highest BCUT2D eigenvalue weighted by Crippen LogP contribution is 2.18. The number of ether oxygens (including phenoxy) is 1. The Hall–Kier alpha value is -1.32. The predicted molar refractivity (Wildman–Crippen MR) is 82.4 cm³/mol. The Morgan fingerprint density at radius 1 is 1.16 bits per heavy atom. The first-order chi connectivity index (χ1) is 9.19. The smallest absolute Gasteiger partial charge is 0.118 e. The van der Waals surface area contributed by atoms with E-state index in [1.165, 1.54) is 11.1 Å². The topological polar surface area (TPSA) is 21.3 Å². The zero-order valence-corrected chi connectivity index (χ0v) is 12.8. The fraction of sp³-hybridized carbons (Fsp3) is 0.250. The van der Waals surface area contributed by atoms with E-state index in [-0.39, 0.29) is 0 Å². The van der Waals surface area contributed by atoms with Crippen molar-refractivity contribution in [3.8, 4) is 5.75 Å². The van der Waals surface area contributed by atoms with Crippen molar-refractivity contribution in [2.75, 3.05) is 7.11 Å². The zero-order valence-electron chi connectivity index (χ0n) is 11.2. The lowest BCUT2D eigenvalue weighted by Gasteiger charge is -2.15. The molecule has 0 saturated heterocycles. The lowest BCUT2D eigenvalue weighted by Crippen LogP contribution is -2.17. The first-order valence-corrected chi connectivity index (χ1v) is 7.10. The summed E-state index contributed by atoms with van der Waals surface area (Å²) in [6.45, 7) is 3.02. The van der Waals surface area contributed by atoms with Gasteiger partial charge in [0.05, 0.1) is 7.11 Å². The third-order valence-corrected chi connectivity index (χ3v) is 3.61. The molecular weight excluding hydrogens is 302 g/mol. The molecule has 2 aromatic carbocycles. The maximum atomic E-state index is 5.17. The maximum absolute atomic E-state index is 5.17. The number of rotatable bonds is 5. The molecular formula is C16H18BrNO. The Balaban J connectivity index is 1.95. The third-order valence-electron chi connectivity index (χ3n) is 3.12. The molecule has 0 radical (unpaired) electrons. The second-order valence-electron chi connectivity index (χ2n) is 4.51. The Labute approximate surface area is 122 Å². The van der Waals surface area contributed by atoms with Gasteiger partial charge in [-0.2, -0.15) is 0 Å². The summed E-state index contributed by atoms with van der Waals surface area (Å²) in [7, 11) is 1.68. The molecule has 0 unspecified atom stereocenters. The molecule has 0 fully saturated rings. The lowest BCUT2D eigenvalue weighted by atomic mass is 10.1. The van der Waals surface area contributed by atoms with Crippen molar-refractivity contribution >= 4 is 15.9 Å². The number of methoxy groups -OCH3 is 1. The van der Waals surface area contributed by atoms with Crippen molar-refractivity contribution in [2.45, 2.75) is 19.5 Å². The average Bonchev–Trinajstić information content (AvgIpc) is 2.45. The van der Waals surface area contributed by atoms with Crippen molar-refractivity contribution in [3.63, 3.8) is 0 Å². The second kappa shape index (κ2) is 6.73. The van der Waals surface area contributed by atoms with E-state index in [1.54, 1.807) is 7.11 Å². The van der Waals surface area contributed by atoms with Crippen LogP contribution in [0.2, 0.25) is 0 Å². The monoisotopic (exact) mass is 319 g/mol. The molecule has 1 atom stereocenters. The molecule has 100 valence electrons. The molecule has 0 aliphatic heterocycles. The fourth-order valence-corrected chi connectivity index (χ4v) is 2.37. The molecule has 2 aromatic rings. The first-order valence-electron chi connectivity index (χ1n) is 6.31. The quantitative estimate of drug-likeness (QED) is 0.886. The average molecular weight is 320 g/mol. The maximum Gasteiger partial charge on any atom is 0.118 e. The summed E-state index contributed by atoms with van der Waals surface area (Å²) < 4.78 is 6.28. The van der Waals surface area contributed by atoms with E-state index in [9.17, 15) is 0 Å². The molecule has 0 aromatic heterocycles. The van der Waals surface area contributed by atoms with Crippen LogP contribution in [0.15, 0.2) is 53.0 Å². The Bertz CT molecular complexity index is 525. The third kappa shape index (κ3) is 4.08. The summed E-state index contributed by atoms with van der Waals surface area (Å²) >= 11 is 3.49.